The number of ether oxygens (including phenoxy) is 1. The smallest absolute Gasteiger partial charge is 0.248 e. The van der Waals surface area contributed by atoms with Gasteiger partial charge in [0.1, 0.15) is 6.61 Å². The van der Waals surface area contributed by atoms with Crippen LogP contribution in [-0.2, 0) is 9.53 Å². The van der Waals surface area contributed by atoms with E-state index < -0.39 is 0 Å². The van der Waals surface area contributed by atoms with Crippen LogP contribution < -0.4 is 0 Å². The van der Waals surface area contributed by atoms with Gasteiger partial charge in [0.15, 0.2) is 0 Å². The summed E-state index contributed by atoms with van der Waals surface area (Å²) in [6, 6.07) is 2.27. The van der Waals surface area contributed by atoms with Crippen molar-refractivity contribution in [2.24, 2.45) is 0 Å². The monoisotopic (exact) mass is 225 g/mol. The number of hydrogen-bond donors (Lipinski definition) is 0. The van der Waals surface area contributed by atoms with Crippen molar-refractivity contribution in [2.45, 2.75) is 19.4 Å². The van der Waals surface area contributed by atoms with Gasteiger partial charge in [0.05, 0.1) is 12.1 Å². The molecule has 1 fully saturated rings. The molecule has 0 radical (unpaired) electrons. The maximum atomic E-state index is 11.5. The maximum Gasteiger partial charge on any atom is 0.248 e. The second-order valence-electron chi connectivity index (χ2n) is 3.90. The second-order valence-corrected chi connectivity index (χ2v) is 3.90. The highest BCUT2D eigenvalue weighted by Gasteiger charge is 2.24. The van der Waals surface area contributed by atoms with E-state index in [1.165, 1.54) is 7.11 Å². The molecule has 5 heteroatoms. The fourth-order valence-electron chi connectivity index (χ4n) is 1.93. The molecule has 1 saturated heterocycles. The van der Waals surface area contributed by atoms with Gasteiger partial charge in [-0.15, -0.1) is 0 Å². The molecule has 1 aliphatic heterocycles. The molecule has 90 valence electrons. The van der Waals surface area contributed by atoms with Gasteiger partial charge in [-0.2, -0.15) is 5.26 Å². The van der Waals surface area contributed by atoms with Crippen LogP contribution in [0.2, 0.25) is 0 Å². The van der Waals surface area contributed by atoms with Gasteiger partial charge in [0, 0.05) is 33.3 Å². The molecule has 0 N–H and O–H groups in total. The zero-order valence-corrected chi connectivity index (χ0v) is 9.98. The molecule has 1 atom stereocenters. The Morgan fingerprint density at radius 2 is 2.06 bits per heavy atom. The summed E-state index contributed by atoms with van der Waals surface area (Å²) < 4.78 is 4.82. The highest BCUT2D eigenvalue weighted by molar-refractivity contribution is 5.77. The lowest BCUT2D eigenvalue weighted by Crippen LogP contribution is -2.52. The van der Waals surface area contributed by atoms with Crippen LogP contribution in [0.1, 0.15) is 13.3 Å². The molecule has 0 aromatic rings. The van der Waals surface area contributed by atoms with Crippen molar-refractivity contribution in [1.29, 1.82) is 5.26 Å². The third-order valence-corrected chi connectivity index (χ3v) is 2.91. The second kappa shape index (κ2) is 6.46. The molecular formula is C11H19N3O2. The Labute approximate surface area is 96.6 Å². The van der Waals surface area contributed by atoms with Crippen molar-refractivity contribution in [3.63, 3.8) is 0 Å². The number of carbonyl (C=O) groups excluding carboxylic acids is 1. The van der Waals surface area contributed by atoms with Gasteiger partial charge in [-0.1, -0.05) is 6.92 Å². The molecule has 0 spiro atoms. The fourth-order valence-corrected chi connectivity index (χ4v) is 1.93. The molecule has 1 amide bonds. The van der Waals surface area contributed by atoms with E-state index in [2.05, 4.69) is 11.0 Å². The predicted octanol–water partition coefficient (Wildman–Crippen LogP) is 0.0792. The Kier molecular flexibility index (Phi) is 5.23. The molecule has 1 rings (SSSR count). The molecule has 1 unspecified atom stereocenters. The molecule has 0 saturated carbocycles. The zero-order valence-electron chi connectivity index (χ0n) is 9.98. The SMILES string of the molecule is CCC(C#N)N1CCN(C(=O)COC)CC1. The lowest BCUT2D eigenvalue weighted by atomic mass is 10.2. The summed E-state index contributed by atoms with van der Waals surface area (Å²) in [5, 5.41) is 8.95. The van der Waals surface area contributed by atoms with Gasteiger partial charge in [0.25, 0.3) is 0 Å². The average Bonchev–Trinajstić information content (AvgIpc) is 2.32. The first-order valence-electron chi connectivity index (χ1n) is 5.63. The average molecular weight is 225 g/mol. The topological polar surface area (TPSA) is 56.6 Å². The highest BCUT2D eigenvalue weighted by Crippen LogP contribution is 2.08. The third kappa shape index (κ3) is 3.19. The van der Waals surface area contributed by atoms with Crippen LogP contribution in [0.3, 0.4) is 0 Å². The maximum absolute atomic E-state index is 11.5. The molecule has 5 nitrogen and oxygen atoms in total. The van der Waals surface area contributed by atoms with E-state index >= 15 is 0 Å². The summed E-state index contributed by atoms with van der Waals surface area (Å²) >= 11 is 0. The van der Waals surface area contributed by atoms with Crippen molar-refractivity contribution < 1.29 is 9.53 Å². The van der Waals surface area contributed by atoms with Crippen LogP contribution in [0.15, 0.2) is 0 Å². The lowest BCUT2D eigenvalue weighted by Gasteiger charge is -2.36. The fraction of sp³-hybridized carbons (Fsp3) is 0.818. The third-order valence-electron chi connectivity index (χ3n) is 2.91. The van der Waals surface area contributed by atoms with Crippen LogP contribution in [0.5, 0.6) is 0 Å². The van der Waals surface area contributed by atoms with E-state index in [4.69, 9.17) is 10.00 Å². The Bertz CT molecular complexity index is 267. The minimum absolute atomic E-state index is 0.0142. The molecule has 0 bridgehead atoms. The van der Waals surface area contributed by atoms with Crippen molar-refractivity contribution in [3.8, 4) is 6.07 Å². The number of nitrogens with zero attached hydrogens (tertiary/aromatic N) is 3. The minimum atomic E-state index is -0.0142. The van der Waals surface area contributed by atoms with Crippen molar-refractivity contribution in [1.82, 2.24) is 9.80 Å². The van der Waals surface area contributed by atoms with Crippen molar-refractivity contribution in [2.75, 3.05) is 39.9 Å². The van der Waals surface area contributed by atoms with Crippen molar-refractivity contribution in [3.05, 3.63) is 0 Å². The molecular weight excluding hydrogens is 206 g/mol. The number of carbonyl (C=O) groups is 1. The molecule has 0 aromatic carbocycles. The van der Waals surface area contributed by atoms with E-state index in [0.717, 1.165) is 19.5 Å². The number of rotatable bonds is 4. The van der Waals surface area contributed by atoms with Crippen molar-refractivity contribution >= 4 is 5.91 Å². The van der Waals surface area contributed by atoms with E-state index in [1.807, 2.05) is 6.92 Å². The Balaban J connectivity index is 2.39. The van der Waals surface area contributed by atoms with E-state index in [9.17, 15) is 4.79 Å². The number of piperazine rings is 1. The standard InChI is InChI=1S/C11H19N3O2/c1-3-10(8-12)13-4-6-14(7-5-13)11(15)9-16-2/h10H,3-7,9H2,1-2H3. The first kappa shape index (κ1) is 12.9. The molecule has 0 aromatic heterocycles. The van der Waals surface area contributed by atoms with Crippen LogP contribution in [0.25, 0.3) is 0 Å². The Hall–Kier alpha value is -1.12. The van der Waals surface area contributed by atoms with Gasteiger partial charge < -0.3 is 9.64 Å². The first-order chi connectivity index (χ1) is 7.72. The molecule has 1 heterocycles. The molecule has 1 aliphatic rings. The van der Waals surface area contributed by atoms with Gasteiger partial charge >= 0.3 is 0 Å². The highest BCUT2D eigenvalue weighted by atomic mass is 16.5. The number of hydrogen-bond acceptors (Lipinski definition) is 4. The summed E-state index contributed by atoms with van der Waals surface area (Å²) in [5.74, 6) is 0.0344. The Morgan fingerprint density at radius 1 is 1.44 bits per heavy atom. The molecule has 0 aliphatic carbocycles. The van der Waals surface area contributed by atoms with Gasteiger partial charge in [-0.25, -0.2) is 0 Å². The van der Waals surface area contributed by atoms with E-state index in [-0.39, 0.29) is 18.6 Å². The van der Waals surface area contributed by atoms with Crippen LogP contribution in [0, 0.1) is 11.3 Å². The zero-order chi connectivity index (χ0) is 12.0. The quantitative estimate of drug-likeness (QED) is 0.680. The minimum Gasteiger partial charge on any atom is -0.375 e. The largest absolute Gasteiger partial charge is 0.375 e. The van der Waals surface area contributed by atoms with Crippen LogP contribution >= 0.6 is 0 Å². The summed E-state index contributed by atoms with van der Waals surface area (Å²) in [4.78, 5) is 15.5. The van der Waals surface area contributed by atoms with Gasteiger partial charge in [0.2, 0.25) is 5.91 Å². The Morgan fingerprint density at radius 3 is 2.50 bits per heavy atom. The van der Waals surface area contributed by atoms with Gasteiger partial charge in [-0.3, -0.25) is 9.69 Å². The summed E-state index contributed by atoms with van der Waals surface area (Å²) in [6.45, 7) is 5.11. The summed E-state index contributed by atoms with van der Waals surface area (Å²) in [7, 11) is 1.52. The van der Waals surface area contributed by atoms with E-state index in [1.54, 1.807) is 4.90 Å². The lowest BCUT2D eigenvalue weighted by molar-refractivity contribution is -0.137. The number of amides is 1. The first-order valence-corrected chi connectivity index (χ1v) is 5.63. The summed E-state index contributed by atoms with van der Waals surface area (Å²) in [6.07, 6.45) is 0.836. The van der Waals surface area contributed by atoms with E-state index in [0.29, 0.717) is 13.1 Å². The predicted molar refractivity (Wildman–Crippen MR) is 59.7 cm³/mol. The van der Waals surface area contributed by atoms with Gasteiger partial charge in [-0.05, 0) is 6.42 Å². The number of methoxy groups -OCH3 is 1. The normalized spacial score (nSPS) is 19.2. The van der Waals surface area contributed by atoms with Crippen LogP contribution in [-0.4, -0.2) is 61.6 Å². The number of nitriles is 1. The summed E-state index contributed by atoms with van der Waals surface area (Å²) in [5.41, 5.74) is 0. The molecule has 16 heavy (non-hydrogen) atoms. The van der Waals surface area contributed by atoms with Crippen LogP contribution in [0.4, 0.5) is 0 Å².